The van der Waals surface area contributed by atoms with Crippen molar-refractivity contribution in [3.8, 4) is 0 Å². The first-order valence-corrected chi connectivity index (χ1v) is 10.7. The van der Waals surface area contributed by atoms with Gasteiger partial charge in [0.25, 0.3) is 0 Å². The molecule has 2 aromatic rings. The summed E-state index contributed by atoms with van der Waals surface area (Å²) in [5.41, 5.74) is 2.99. The van der Waals surface area contributed by atoms with Gasteiger partial charge in [-0.05, 0) is 43.2 Å². The first-order chi connectivity index (χ1) is 13.3. The van der Waals surface area contributed by atoms with E-state index in [9.17, 15) is 13.2 Å². The minimum atomic E-state index is -3.73. The van der Waals surface area contributed by atoms with Crippen LogP contribution in [-0.4, -0.2) is 45.0 Å². The van der Waals surface area contributed by atoms with Crippen LogP contribution in [0, 0.1) is 13.8 Å². The van der Waals surface area contributed by atoms with Crippen molar-refractivity contribution < 1.29 is 22.7 Å². The van der Waals surface area contributed by atoms with Crippen molar-refractivity contribution in [2.45, 2.75) is 25.3 Å². The number of hydrogen-bond acceptors (Lipinski definition) is 5. The van der Waals surface area contributed by atoms with Crippen LogP contribution in [0.1, 0.15) is 27.0 Å². The van der Waals surface area contributed by atoms with Gasteiger partial charge in [-0.25, -0.2) is 13.2 Å². The van der Waals surface area contributed by atoms with Gasteiger partial charge in [-0.1, -0.05) is 35.4 Å². The number of benzene rings is 2. The number of nitrogens with zero attached hydrogens (tertiary/aromatic N) is 1. The molecule has 0 bridgehead atoms. The van der Waals surface area contributed by atoms with E-state index >= 15 is 0 Å². The highest BCUT2D eigenvalue weighted by Gasteiger charge is 2.28. The van der Waals surface area contributed by atoms with Crippen LogP contribution in [0.15, 0.2) is 41.3 Å². The molecule has 2 aromatic carbocycles. The van der Waals surface area contributed by atoms with Crippen molar-refractivity contribution in [2.24, 2.45) is 0 Å². The third-order valence-electron chi connectivity index (χ3n) is 4.63. The highest BCUT2D eigenvalue weighted by atomic mass is 35.5. The Hall–Kier alpha value is -1.93. The van der Waals surface area contributed by atoms with Crippen LogP contribution in [0.5, 0.6) is 0 Å². The van der Waals surface area contributed by atoms with Crippen molar-refractivity contribution in [2.75, 3.05) is 26.3 Å². The van der Waals surface area contributed by atoms with E-state index in [1.54, 1.807) is 0 Å². The van der Waals surface area contributed by atoms with E-state index in [4.69, 9.17) is 21.1 Å². The molecule has 6 nitrogen and oxygen atoms in total. The Morgan fingerprint density at radius 1 is 1.14 bits per heavy atom. The second kappa shape index (κ2) is 8.61. The van der Waals surface area contributed by atoms with Crippen LogP contribution in [0.3, 0.4) is 0 Å². The lowest BCUT2D eigenvalue weighted by Gasteiger charge is -2.26. The summed E-state index contributed by atoms with van der Waals surface area (Å²) in [6, 6.07) is 9.97. The quantitative estimate of drug-likeness (QED) is 0.689. The van der Waals surface area contributed by atoms with E-state index in [0.29, 0.717) is 13.2 Å². The van der Waals surface area contributed by atoms with Gasteiger partial charge >= 0.3 is 5.97 Å². The molecule has 1 heterocycles. The highest BCUT2D eigenvalue weighted by Crippen LogP contribution is 2.25. The lowest BCUT2D eigenvalue weighted by atomic mass is 10.1. The average molecular weight is 424 g/mol. The first-order valence-electron chi connectivity index (χ1n) is 8.90. The van der Waals surface area contributed by atoms with E-state index in [1.807, 2.05) is 32.0 Å². The number of halogens is 1. The van der Waals surface area contributed by atoms with E-state index in [0.717, 1.165) is 16.7 Å². The Kier molecular flexibility index (Phi) is 6.40. The number of aryl methyl sites for hydroxylation is 2. The summed E-state index contributed by atoms with van der Waals surface area (Å²) < 4.78 is 37.6. The third kappa shape index (κ3) is 4.55. The minimum absolute atomic E-state index is 0.0116. The van der Waals surface area contributed by atoms with Crippen LogP contribution < -0.4 is 0 Å². The van der Waals surface area contributed by atoms with Crippen molar-refractivity contribution >= 4 is 27.6 Å². The maximum absolute atomic E-state index is 12.8. The lowest BCUT2D eigenvalue weighted by Crippen LogP contribution is -2.40. The van der Waals surface area contributed by atoms with E-state index in [-0.39, 0.29) is 35.2 Å². The van der Waals surface area contributed by atoms with Crippen LogP contribution in [0.25, 0.3) is 0 Å². The van der Waals surface area contributed by atoms with Crippen molar-refractivity contribution in [3.63, 3.8) is 0 Å². The fraction of sp³-hybridized carbons (Fsp3) is 0.350. The molecular formula is C20H22ClNO5S. The summed E-state index contributed by atoms with van der Waals surface area (Å²) in [5.74, 6) is -0.662. The van der Waals surface area contributed by atoms with Gasteiger partial charge in [-0.2, -0.15) is 4.31 Å². The third-order valence-corrected chi connectivity index (χ3v) is 6.85. The van der Waals surface area contributed by atoms with Crippen LogP contribution in [-0.2, 0) is 26.1 Å². The van der Waals surface area contributed by atoms with Crippen molar-refractivity contribution in [1.82, 2.24) is 4.31 Å². The molecule has 1 saturated heterocycles. The summed E-state index contributed by atoms with van der Waals surface area (Å²) in [5, 5.41) is 0.145. The summed E-state index contributed by atoms with van der Waals surface area (Å²) in [6.45, 7) is 5.22. The highest BCUT2D eigenvalue weighted by molar-refractivity contribution is 7.89. The van der Waals surface area contributed by atoms with E-state index in [2.05, 4.69) is 0 Å². The maximum Gasteiger partial charge on any atom is 0.340 e. The Balaban J connectivity index is 1.80. The zero-order chi connectivity index (χ0) is 20.3. The Morgan fingerprint density at radius 3 is 2.57 bits per heavy atom. The molecule has 0 aliphatic carbocycles. The SMILES string of the molecule is Cc1ccc(C)c(COC(=O)c2cc(S(=O)(=O)N3CCOCC3)ccc2Cl)c1. The Morgan fingerprint density at radius 2 is 1.86 bits per heavy atom. The van der Waals surface area contributed by atoms with Crippen LogP contribution in [0.2, 0.25) is 5.02 Å². The van der Waals surface area contributed by atoms with E-state index < -0.39 is 16.0 Å². The largest absolute Gasteiger partial charge is 0.457 e. The summed E-state index contributed by atoms with van der Waals surface area (Å²) in [4.78, 5) is 12.6. The smallest absolute Gasteiger partial charge is 0.340 e. The number of carbonyl (C=O) groups excluding carboxylic acids is 1. The molecule has 28 heavy (non-hydrogen) atoms. The predicted octanol–water partition coefficient (Wildman–Crippen LogP) is 3.33. The van der Waals surface area contributed by atoms with Gasteiger partial charge in [0.05, 0.1) is 28.7 Å². The number of ether oxygens (including phenoxy) is 2. The molecule has 0 aromatic heterocycles. The molecule has 150 valence electrons. The molecule has 1 aliphatic rings. The molecule has 0 amide bonds. The van der Waals surface area contributed by atoms with E-state index in [1.165, 1.54) is 22.5 Å². The zero-order valence-corrected chi connectivity index (χ0v) is 17.3. The lowest BCUT2D eigenvalue weighted by molar-refractivity contribution is 0.0472. The summed E-state index contributed by atoms with van der Waals surface area (Å²) in [6.07, 6.45) is 0. The molecule has 0 atom stereocenters. The average Bonchev–Trinajstić information content (AvgIpc) is 2.69. The summed E-state index contributed by atoms with van der Waals surface area (Å²) >= 11 is 6.14. The van der Waals surface area contributed by atoms with Gasteiger partial charge < -0.3 is 9.47 Å². The number of hydrogen-bond donors (Lipinski definition) is 0. The van der Waals surface area contributed by atoms with Crippen LogP contribution in [0.4, 0.5) is 0 Å². The molecular weight excluding hydrogens is 402 g/mol. The van der Waals surface area contributed by atoms with Gasteiger partial charge in [0.2, 0.25) is 10.0 Å². The standard InChI is InChI=1S/C20H22ClNO5S/c1-14-3-4-15(2)16(11-14)13-27-20(23)18-12-17(5-6-19(18)21)28(24,25)22-7-9-26-10-8-22/h3-6,11-12H,7-10,13H2,1-2H3. The molecule has 3 rings (SSSR count). The molecule has 0 radical (unpaired) electrons. The van der Waals surface area contributed by atoms with Gasteiger partial charge in [0.15, 0.2) is 0 Å². The number of morpholine rings is 1. The second-order valence-corrected chi connectivity index (χ2v) is 9.01. The van der Waals surface area contributed by atoms with Gasteiger partial charge in [-0.3, -0.25) is 0 Å². The molecule has 1 fully saturated rings. The Bertz CT molecular complexity index is 984. The second-order valence-electron chi connectivity index (χ2n) is 6.66. The van der Waals surface area contributed by atoms with Crippen LogP contribution >= 0.6 is 11.6 Å². The zero-order valence-electron chi connectivity index (χ0n) is 15.8. The Labute approximate surface area is 170 Å². The fourth-order valence-corrected chi connectivity index (χ4v) is 4.56. The first kappa shape index (κ1) is 20.8. The molecule has 8 heteroatoms. The summed E-state index contributed by atoms with van der Waals surface area (Å²) in [7, 11) is -3.73. The monoisotopic (exact) mass is 423 g/mol. The molecule has 0 saturated carbocycles. The van der Waals surface area contributed by atoms with Gasteiger partial charge in [-0.15, -0.1) is 0 Å². The molecule has 0 spiro atoms. The number of carbonyl (C=O) groups is 1. The van der Waals surface area contributed by atoms with Crippen molar-refractivity contribution in [1.29, 1.82) is 0 Å². The number of rotatable bonds is 5. The topological polar surface area (TPSA) is 72.9 Å². The molecule has 0 unspecified atom stereocenters. The molecule has 0 N–H and O–H groups in total. The number of sulfonamides is 1. The fourth-order valence-electron chi connectivity index (χ4n) is 2.93. The minimum Gasteiger partial charge on any atom is -0.457 e. The maximum atomic E-state index is 12.8. The van der Waals surface area contributed by atoms with Crippen molar-refractivity contribution in [3.05, 3.63) is 63.7 Å². The normalized spacial score (nSPS) is 15.4. The van der Waals surface area contributed by atoms with Gasteiger partial charge in [0, 0.05) is 13.1 Å². The predicted molar refractivity (Wildman–Crippen MR) is 106 cm³/mol. The van der Waals surface area contributed by atoms with Gasteiger partial charge in [0.1, 0.15) is 6.61 Å². The molecule has 1 aliphatic heterocycles. The number of esters is 1.